The molecule has 4 aromatic carbocycles. The van der Waals surface area contributed by atoms with E-state index < -0.39 is 46.1 Å². The van der Waals surface area contributed by atoms with E-state index in [1.165, 1.54) is 47.4 Å². The lowest BCUT2D eigenvalue weighted by molar-refractivity contribution is -0.140. The number of sulfonamides is 1. The van der Waals surface area contributed by atoms with Crippen molar-refractivity contribution in [1.29, 1.82) is 0 Å². The monoisotopic (exact) mass is 619 g/mol. The highest BCUT2D eigenvalue weighted by Gasteiger charge is 2.35. The second-order valence-electron chi connectivity index (χ2n) is 10.4. The predicted octanol–water partition coefficient (Wildman–Crippen LogP) is 5.63. The highest BCUT2D eigenvalue weighted by molar-refractivity contribution is 7.92. The number of carbonyl (C=O) groups excluding carboxylic acids is 2. The molecular formula is C34H35F2N3O4S. The number of nitrogens with one attached hydrogen (secondary N) is 1. The molecular weight excluding hydrogens is 584 g/mol. The molecule has 0 aromatic heterocycles. The Morgan fingerprint density at radius 1 is 0.841 bits per heavy atom. The summed E-state index contributed by atoms with van der Waals surface area (Å²) in [5.41, 5.74) is 1.82. The van der Waals surface area contributed by atoms with Gasteiger partial charge < -0.3 is 10.2 Å². The minimum atomic E-state index is -4.32. The van der Waals surface area contributed by atoms with Crippen LogP contribution in [0.1, 0.15) is 30.0 Å². The third kappa shape index (κ3) is 8.08. The Hall–Kier alpha value is -4.57. The van der Waals surface area contributed by atoms with Crippen molar-refractivity contribution >= 4 is 27.5 Å². The Kier molecular flexibility index (Phi) is 10.8. The summed E-state index contributed by atoms with van der Waals surface area (Å²) in [6, 6.07) is 24.8. The van der Waals surface area contributed by atoms with Crippen molar-refractivity contribution in [2.24, 2.45) is 0 Å². The molecule has 1 N–H and O–H groups in total. The van der Waals surface area contributed by atoms with Crippen molar-refractivity contribution in [3.63, 3.8) is 0 Å². The number of nitrogens with zero attached hydrogens (tertiary/aromatic N) is 2. The summed E-state index contributed by atoms with van der Waals surface area (Å²) in [7, 11) is -4.32. The molecule has 0 saturated heterocycles. The van der Waals surface area contributed by atoms with Crippen LogP contribution in [-0.2, 0) is 32.6 Å². The molecule has 0 aliphatic heterocycles. The van der Waals surface area contributed by atoms with Gasteiger partial charge in [0.1, 0.15) is 24.2 Å². The third-order valence-electron chi connectivity index (χ3n) is 7.12. The van der Waals surface area contributed by atoms with E-state index in [1.54, 1.807) is 18.2 Å². The minimum absolute atomic E-state index is 0.0567. The first-order chi connectivity index (χ1) is 21.1. The molecule has 10 heteroatoms. The number of amides is 2. The van der Waals surface area contributed by atoms with Gasteiger partial charge >= 0.3 is 0 Å². The van der Waals surface area contributed by atoms with Crippen LogP contribution in [0.2, 0.25) is 0 Å². The smallest absolute Gasteiger partial charge is 0.264 e. The Labute approximate surface area is 257 Å². The van der Waals surface area contributed by atoms with Crippen LogP contribution in [0.4, 0.5) is 14.5 Å². The fourth-order valence-corrected chi connectivity index (χ4v) is 6.12. The molecule has 1 atom stereocenters. The zero-order valence-corrected chi connectivity index (χ0v) is 25.4. The number of hydrogen-bond donors (Lipinski definition) is 1. The molecule has 0 radical (unpaired) electrons. The van der Waals surface area contributed by atoms with Crippen LogP contribution in [0.3, 0.4) is 0 Å². The molecule has 0 aliphatic carbocycles. The van der Waals surface area contributed by atoms with E-state index in [0.29, 0.717) is 13.0 Å². The lowest BCUT2D eigenvalue weighted by Crippen LogP contribution is -2.53. The molecule has 230 valence electrons. The first-order valence-corrected chi connectivity index (χ1v) is 15.7. The van der Waals surface area contributed by atoms with Crippen LogP contribution in [0, 0.1) is 18.6 Å². The molecule has 0 heterocycles. The van der Waals surface area contributed by atoms with Gasteiger partial charge in [0.15, 0.2) is 0 Å². The molecule has 4 aromatic rings. The molecule has 7 nitrogen and oxygen atoms in total. The summed E-state index contributed by atoms with van der Waals surface area (Å²) >= 11 is 0. The average Bonchev–Trinajstić information content (AvgIpc) is 3.02. The normalized spacial score (nSPS) is 11.9. The second kappa shape index (κ2) is 14.7. The number of hydrogen-bond acceptors (Lipinski definition) is 4. The van der Waals surface area contributed by atoms with Crippen LogP contribution in [0.5, 0.6) is 0 Å². The number of anilines is 1. The van der Waals surface area contributed by atoms with Gasteiger partial charge in [-0.25, -0.2) is 17.2 Å². The third-order valence-corrected chi connectivity index (χ3v) is 8.91. The van der Waals surface area contributed by atoms with Crippen molar-refractivity contribution in [3.8, 4) is 0 Å². The van der Waals surface area contributed by atoms with Gasteiger partial charge in [-0.2, -0.15) is 0 Å². The quantitative estimate of drug-likeness (QED) is 0.210. The maximum atomic E-state index is 14.9. The largest absolute Gasteiger partial charge is 0.354 e. The summed E-state index contributed by atoms with van der Waals surface area (Å²) in [5.74, 6) is -2.33. The molecule has 0 aliphatic rings. The lowest BCUT2D eigenvalue weighted by Gasteiger charge is -2.34. The van der Waals surface area contributed by atoms with Gasteiger partial charge in [-0.1, -0.05) is 73.2 Å². The van der Waals surface area contributed by atoms with Crippen molar-refractivity contribution < 1.29 is 26.8 Å². The summed E-state index contributed by atoms with van der Waals surface area (Å²) in [6.07, 6.45) is 0.760. The van der Waals surface area contributed by atoms with E-state index in [4.69, 9.17) is 0 Å². The van der Waals surface area contributed by atoms with E-state index in [0.717, 1.165) is 27.6 Å². The molecule has 0 fully saturated rings. The summed E-state index contributed by atoms with van der Waals surface area (Å²) in [5, 5.41) is 2.84. The first kappa shape index (κ1) is 32.3. The number of aryl methyl sites for hydroxylation is 1. The van der Waals surface area contributed by atoms with Gasteiger partial charge in [0.25, 0.3) is 10.0 Å². The highest BCUT2D eigenvalue weighted by atomic mass is 32.2. The van der Waals surface area contributed by atoms with Crippen molar-refractivity contribution in [2.75, 3.05) is 17.4 Å². The predicted molar refractivity (Wildman–Crippen MR) is 166 cm³/mol. The Morgan fingerprint density at radius 3 is 2.11 bits per heavy atom. The van der Waals surface area contributed by atoms with Crippen LogP contribution < -0.4 is 9.62 Å². The van der Waals surface area contributed by atoms with E-state index in [1.807, 2.05) is 44.2 Å². The van der Waals surface area contributed by atoms with Gasteiger partial charge in [0.2, 0.25) is 11.8 Å². The molecule has 0 saturated carbocycles. The van der Waals surface area contributed by atoms with E-state index in [2.05, 4.69) is 5.32 Å². The minimum Gasteiger partial charge on any atom is -0.354 e. The maximum Gasteiger partial charge on any atom is 0.264 e. The van der Waals surface area contributed by atoms with Gasteiger partial charge in [-0.05, 0) is 61.4 Å². The summed E-state index contributed by atoms with van der Waals surface area (Å²) in [4.78, 5) is 29.0. The highest BCUT2D eigenvalue weighted by Crippen LogP contribution is 2.26. The van der Waals surface area contributed by atoms with Crippen molar-refractivity contribution in [3.05, 3.63) is 131 Å². The van der Waals surface area contributed by atoms with Gasteiger partial charge in [0, 0.05) is 25.1 Å². The van der Waals surface area contributed by atoms with Gasteiger partial charge in [-0.15, -0.1) is 0 Å². The van der Waals surface area contributed by atoms with Crippen molar-refractivity contribution in [1.82, 2.24) is 10.2 Å². The molecule has 1 unspecified atom stereocenters. The van der Waals surface area contributed by atoms with Gasteiger partial charge in [-0.3, -0.25) is 13.9 Å². The molecule has 2 amide bonds. The summed E-state index contributed by atoms with van der Waals surface area (Å²) < 4.78 is 57.6. The fraction of sp³-hybridized carbons (Fsp3) is 0.235. The Balaban J connectivity index is 1.80. The van der Waals surface area contributed by atoms with Crippen LogP contribution >= 0.6 is 0 Å². The standard InChI is InChI=1S/C34H35F2N3O4S/c1-3-21-37-34(41)32(22-26-9-5-4-6-10-26)38(23-27-11-7-8-12-31(27)36)33(40)24-39(29-17-15-28(35)16-18-29)44(42,43)30-19-13-25(2)14-20-30/h4-20,32H,3,21-24H2,1-2H3,(H,37,41). The molecule has 0 bridgehead atoms. The summed E-state index contributed by atoms with van der Waals surface area (Å²) in [6.45, 7) is 3.06. The van der Waals surface area contributed by atoms with Crippen molar-refractivity contribution in [2.45, 2.75) is 44.2 Å². The lowest BCUT2D eigenvalue weighted by atomic mass is 10.0. The van der Waals surface area contributed by atoms with Crippen LogP contribution in [-0.4, -0.2) is 44.3 Å². The molecule has 0 spiro atoms. The SMILES string of the molecule is CCCNC(=O)C(Cc1ccccc1)N(Cc1ccccc1F)C(=O)CN(c1ccc(F)cc1)S(=O)(=O)c1ccc(C)cc1. The van der Waals surface area contributed by atoms with Crippen LogP contribution in [0.15, 0.2) is 108 Å². The zero-order valence-electron chi connectivity index (χ0n) is 24.6. The second-order valence-corrected chi connectivity index (χ2v) is 12.3. The van der Waals surface area contributed by atoms with E-state index >= 15 is 0 Å². The average molecular weight is 620 g/mol. The number of halogens is 2. The van der Waals surface area contributed by atoms with Crippen LogP contribution in [0.25, 0.3) is 0 Å². The Morgan fingerprint density at radius 2 is 1.48 bits per heavy atom. The fourth-order valence-electron chi connectivity index (χ4n) is 4.70. The Bertz CT molecular complexity index is 1670. The number of benzene rings is 4. The van der Waals surface area contributed by atoms with Gasteiger partial charge in [0.05, 0.1) is 10.6 Å². The maximum absolute atomic E-state index is 14.9. The zero-order chi connectivity index (χ0) is 31.7. The van der Waals surface area contributed by atoms with E-state index in [-0.39, 0.29) is 29.1 Å². The topological polar surface area (TPSA) is 86.8 Å². The van der Waals surface area contributed by atoms with E-state index in [9.17, 15) is 26.8 Å². The first-order valence-electron chi connectivity index (χ1n) is 14.3. The number of rotatable bonds is 13. The molecule has 4 rings (SSSR count). The molecule has 44 heavy (non-hydrogen) atoms. The number of carbonyl (C=O) groups is 2.